The van der Waals surface area contributed by atoms with Crippen LogP contribution in [0.15, 0.2) is 48.5 Å². The van der Waals surface area contributed by atoms with Crippen molar-refractivity contribution in [3.8, 4) is 5.75 Å². The maximum atomic E-state index is 11.5. The zero-order chi connectivity index (χ0) is 17.4. The van der Waals surface area contributed by atoms with Crippen molar-refractivity contribution >= 4 is 29.0 Å². The number of carbonyl (C=O) groups excluding carboxylic acids is 1. The quantitative estimate of drug-likeness (QED) is 0.477. The van der Waals surface area contributed by atoms with E-state index in [0.29, 0.717) is 23.8 Å². The Morgan fingerprint density at radius 3 is 2.62 bits per heavy atom. The van der Waals surface area contributed by atoms with E-state index in [9.17, 15) is 4.79 Å². The summed E-state index contributed by atoms with van der Waals surface area (Å²) in [5, 5.41) is 6.54. The number of hydrogen-bond donors (Lipinski definition) is 2. The van der Waals surface area contributed by atoms with Crippen LogP contribution in [0.1, 0.15) is 15.9 Å². The van der Waals surface area contributed by atoms with Crippen LogP contribution in [0.4, 0.5) is 5.69 Å². The Bertz CT molecular complexity index is 702. The van der Waals surface area contributed by atoms with Gasteiger partial charge in [0, 0.05) is 5.69 Å². The van der Waals surface area contributed by atoms with E-state index in [-0.39, 0.29) is 5.97 Å². The van der Waals surface area contributed by atoms with E-state index in [0.717, 1.165) is 11.4 Å². The van der Waals surface area contributed by atoms with Crippen molar-refractivity contribution in [3.05, 3.63) is 59.7 Å². The molecular formula is C18H20N2O3S. The summed E-state index contributed by atoms with van der Waals surface area (Å²) < 4.78 is 10.3. The number of nitrogens with one attached hydrogen (secondary N) is 2. The molecule has 2 aromatic rings. The first-order chi connectivity index (χ1) is 11.6. The summed E-state index contributed by atoms with van der Waals surface area (Å²) >= 11 is 5.23. The highest BCUT2D eigenvalue weighted by atomic mass is 32.1. The molecule has 0 aliphatic rings. The number of methoxy groups -OCH3 is 1. The average Bonchev–Trinajstić information content (AvgIpc) is 2.60. The van der Waals surface area contributed by atoms with Gasteiger partial charge in [-0.3, -0.25) is 0 Å². The van der Waals surface area contributed by atoms with Gasteiger partial charge in [0.25, 0.3) is 0 Å². The smallest absolute Gasteiger partial charge is 0.337 e. The summed E-state index contributed by atoms with van der Waals surface area (Å²) in [5.41, 5.74) is 2.38. The molecule has 0 radical (unpaired) electrons. The third-order valence-electron chi connectivity index (χ3n) is 3.22. The fraction of sp³-hybridized carbons (Fsp3) is 0.222. The predicted octanol–water partition coefficient (Wildman–Crippen LogP) is 3.15. The highest BCUT2D eigenvalue weighted by molar-refractivity contribution is 7.80. The molecule has 0 bridgehead atoms. The Morgan fingerprint density at radius 2 is 1.92 bits per heavy atom. The Hall–Kier alpha value is -2.60. The normalized spacial score (nSPS) is 9.92. The lowest BCUT2D eigenvalue weighted by molar-refractivity contribution is 0.0601. The third-order valence-corrected chi connectivity index (χ3v) is 3.47. The van der Waals surface area contributed by atoms with Crippen molar-refractivity contribution in [3.63, 3.8) is 0 Å². The van der Waals surface area contributed by atoms with Gasteiger partial charge in [0.2, 0.25) is 0 Å². The molecule has 0 saturated carbocycles. The lowest BCUT2D eigenvalue weighted by Crippen LogP contribution is -2.32. The fourth-order valence-electron chi connectivity index (χ4n) is 1.99. The molecule has 6 heteroatoms. The van der Waals surface area contributed by atoms with E-state index in [4.69, 9.17) is 21.7 Å². The van der Waals surface area contributed by atoms with Gasteiger partial charge in [-0.1, -0.05) is 23.8 Å². The average molecular weight is 344 g/mol. The Morgan fingerprint density at radius 1 is 1.17 bits per heavy atom. The van der Waals surface area contributed by atoms with Gasteiger partial charge in [-0.15, -0.1) is 0 Å². The molecule has 24 heavy (non-hydrogen) atoms. The third kappa shape index (κ3) is 5.55. The second kappa shape index (κ2) is 8.88. The van der Waals surface area contributed by atoms with Gasteiger partial charge in [0.15, 0.2) is 5.11 Å². The van der Waals surface area contributed by atoms with E-state index in [1.54, 1.807) is 18.2 Å². The van der Waals surface area contributed by atoms with E-state index >= 15 is 0 Å². The molecule has 5 nitrogen and oxygen atoms in total. The summed E-state index contributed by atoms with van der Waals surface area (Å²) in [6.07, 6.45) is 0. The molecule has 0 aliphatic carbocycles. The van der Waals surface area contributed by atoms with Crippen molar-refractivity contribution < 1.29 is 14.3 Å². The summed E-state index contributed by atoms with van der Waals surface area (Å²) in [6.45, 7) is 3.09. The largest absolute Gasteiger partial charge is 0.492 e. The Kier molecular flexibility index (Phi) is 6.57. The van der Waals surface area contributed by atoms with Crippen LogP contribution in [0.2, 0.25) is 0 Å². The monoisotopic (exact) mass is 344 g/mol. The molecular weight excluding hydrogens is 324 g/mol. The van der Waals surface area contributed by atoms with Gasteiger partial charge < -0.3 is 20.1 Å². The maximum absolute atomic E-state index is 11.5. The van der Waals surface area contributed by atoms with Crippen molar-refractivity contribution in [1.82, 2.24) is 5.32 Å². The number of hydrogen-bond acceptors (Lipinski definition) is 4. The number of benzene rings is 2. The lowest BCUT2D eigenvalue weighted by Gasteiger charge is -2.12. The van der Waals surface area contributed by atoms with Crippen molar-refractivity contribution in [2.75, 3.05) is 25.6 Å². The highest BCUT2D eigenvalue weighted by Crippen LogP contribution is 2.12. The second-order valence-electron chi connectivity index (χ2n) is 5.11. The lowest BCUT2D eigenvalue weighted by atomic mass is 10.2. The Balaban J connectivity index is 1.75. The minimum Gasteiger partial charge on any atom is -0.492 e. The van der Waals surface area contributed by atoms with E-state index < -0.39 is 0 Å². The molecule has 0 atom stereocenters. The van der Waals surface area contributed by atoms with Crippen LogP contribution in [-0.4, -0.2) is 31.3 Å². The number of anilines is 1. The SMILES string of the molecule is COC(=O)c1cccc(NC(=S)NCCOc2ccc(C)cc2)c1. The molecule has 0 heterocycles. The standard InChI is InChI=1S/C18H20N2O3S/c1-13-6-8-16(9-7-13)23-11-10-19-18(24)20-15-5-3-4-14(12-15)17(21)22-2/h3-9,12H,10-11H2,1-2H3,(H2,19,20,24). The number of carbonyl (C=O) groups is 1. The number of thiocarbonyl (C=S) groups is 1. The fourth-order valence-corrected chi connectivity index (χ4v) is 2.20. The molecule has 0 saturated heterocycles. The molecule has 0 aromatic heterocycles. The molecule has 0 fully saturated rings. The molecule has 0 unspecified atom stereocenters. The van der Waals surface area contributed by atoms with E-state index in [2.05, 4.69) is 10.6 Å². The molecule has 2 aromatic carbocycles. The first-order valence-electron chi connectivity index (χ1n) is 7.51. The van der Waals surface area contributed by atoms with Crippen molar-refractivity contribution in [1.29, 1.82) is 0 Å². The number of rotatable bonds is 6. The van der Waals surface area contributed by atoms with Crippen LogP contribution in [0.3, 0.4) is 0 Å². The zero-order valence-corrected chi connectivity index (χ0v) is 14.5. The molecule has 2 N–H and O–H groups in total. The number of ether oxygens (including phenoxy) is 2. The number of esters is 1. The molecule has 126 valence electrons. The second-order valence-corrected chi connectivity index (χ2v) is 5.52. The van der Waals surface area contributed by atoms with Crippen LogP contribution in [0, 0.1) is 6.92 Å². The van der Waals surface area contributed by atoms with Crippen LogP contribution in [0.25, 0.3) is 0 Å². The van der Waals surface area contributed by atoms with Gasteiger partial charge in [-0.2, -0.15) is 0 Å². The van der Waals surface area contributed by atoms with Crippen LogP contribution in [-0.2, 0) is 4.74 Å². The van der Waals surface area contributed by atoms with Gasteiger partial charge in [-0.25, -0.2) is 4.79 Å². The van der Waals surface area contributed by atoms with Gasteiger partial charge in [0.1, 0.15) is 12.4 Å². The Labute approximate surface area is 147 Å². The van der Waals surface area contributed by atoms with E-state index in [1.807, 2.05) is 37.3 Å². The zero-order valence-electron chi connectivity index (χ0n) is 13.7. The summed E-state index contributed by atoms with van der Waals surface area (Å²) in [6, 6.07) is 14.8. The summed E-state index contributed by atoms with van der Waals surface area (Å²) in [4.78, 5) is 11.5. The molecule has 0 aliphatic heterocycles. The van der Waals surface area contributed by atoms with Crippen molar-refractivity contribution in [2.45, 2.75) is 6.92 Å². The van der Waals surface area contributed by atoms with Gasteiger partial charge >= 0.3 is 5.97 Å². The first kappa shape index (κ1) is 17.7. The maximum Gasteiger partial charge on any atom is 0.337 e. The predicted molar refractivity (Wildman–Crippen MR) is 98.7 cm³/mol. The summed E-state index contributed by atoms with van der Waals surface area (Å²) in [5.74, 6) is 0.441. The highest BCUT2D eigenvalue weighted by Gasteiger charge is 2.06. The van der Waals surface area contributed by atoms with Crippen LogP contribution < -0.4 is 15.4 Å². The minimum atomic E-state index is -0.385. The number of aryl methyl sites for hydroxylation is 1. The van der Waals surface area contributed by atoms with Crippen LogP contribution in [0.5, 0.6) is 5.75 Å². The summed E-state index contributed by atoms with van der Waals surface area (Å²) in [7, 11) is 1.35. The molecule has 0 spiro atoms. The topological polar surface area (TPSA) is 59.6 Å². The van der Waals surface area contributed by atoms with E-state index in [1.165, 1.54) is 12.7 Å². The van der Waals surface area contributed by atoms with Crippen molar-refractivity contribution in [2.24, 2.45) is 0 Å². The van der Waals surface area contributed by atoms with Gasteiger partial charge in [0.05, 0.1) is 19.2 Å². The molecule has 2 rings (SSSR count). The minimum absolute atomic E-state index is 0.385. The van der Waals surface area contributed by atoms with Gasteiger partial charge in [-0.05, 0) is 49.5 Å². The molecule has 0 amide bonds. The first-order valence-corrected chi connectivity index (χ1v) is 7.92. The van der Waals surface area contributed by atoms with Crippen LogP contribution >= 0.6 is 12.2 Å².